The van der Waals surface area contributed by atoms with Crippen LogP contribution in [-0.4, -0.2) is 12.1 Å². The molecule has 0 radical (unpaired) electrons. The average molecular weight is 223 g/mol. The summed E-state index contributed by atoms with van der Waals surface area (Å²) in [7, 11) is 0. The van der Waals surface area contributed by atoms with Crippen molar-refractivity contribution in [2.45, 2.75) is 31.8 Å². The third-order valence-electron chi connectivity index (χ3n) is 2.81. The highest BCUT2D eigenvalue weighted by molar-refractivity contribution is 5.90. The van der Waals surface area contributed by atoms with Gasteiger partial charge in [-0.05, 0) is 43.9 Å². The van der Waals surface area contributed by atoms with Gasteiger partial charge in [-0.3, -0.25) is 0 Å². The molecule has 2 rings (SSSR count). The Labute approximate surface area is 93.4 Å². The van der Waals surface area contributed by atoms with Gasteiger partial charge >= 0.3 is 5.97 Å². The summed E-state index contributed by atoms with van der Waals surface area (Å²) in [5, 5.41) is 0. The molecule has 4 heteroatoms. The lowest BCUT2D eigenvalue weighted by Gasteiger charge is -2.11. The molecule has 0 unspecified atom stereocenters. The van der Waals surface area contributed by atoms with Gasteiger partial charge < -0.3 is 10.5 Å². The number of hydrogen-bond acceptors (Lipinski definition) is 3. The summed E-state index contributed by atoms with van der Waals surface area (Å²) in [6.07, 6.45) is 4.05. The minimum absolute atomic E-state index is 0.0128. The van der Waals surface area contributed by atoms with E-state index in [4.69, 9.17) is 10.5 Å². The van der Waals surface area contributed by atoms with Crippen LogP contribution in [0.4, 0.5) is 10.1 Å². The van der Waals surface area contributed by atoms with Gasteiger partial charge in [0.2, 0.25) is 0 Å². The molecule has 2 N–H and O–H groups in total. The normalized spacial score (nSPS) is 16.3. The van der Waals surface area contributed by atoms with Crippen LogP contribution in [0.25, 0.3) is 0 Å². The Bertz CT molecular complexity index is 400. The van der Waals surface area contributed by atoms with Gasteiger partial charge in [-0.2, -0.15) is 0 Å². The van der Waals surface area contributed by atoms with Gasteiger partial charge in [0.05, 0.1) is 11.3 Å². The first-order valence-corrected chi connectivity index (χ1v) is 5.43. The van der Waals surface area contributed by atoms with Crippen LogP contribution in [0, 0.1) is 5.82 Å². The summed E-state index contributed by atoms with van der Waals surface area (Å²) in [5.41, 5.74) is 5.67. The molecule has 0 saturated heterocycles. The summed E-state index contributed by atoms with van der Waals surface area (Å²) in [4.78, 5) is 11.7. The molecule has 0 atom stereocenters. The van der Waals surface area contributed by atoms with E-state index in [1.807, 2.05) is 0 Å². The monoisotopic (exact) mass is 223 g/mol. The number of carbonyl (C=O) groups excluding carboxylic acids is 1. The molecule has 1 saturated carbocycles. The number of hydrogen-bond donors (Lipinski definition) is 1. The van der Waals surface area contributed by atoms with Crippen LogP contribution in [0.1, 0.15) is 36.0 Å². The molecular weight excluding hydrogens is 209 g/mol. The molecule has 0 spiro atoms. The van der Waals surface area contributed by atoms with Crippen LogP contribution >= 0.6 is 0 Å². The van der Waals surface area contributed by atoms with Gasteiger partial charge in [0, 0.05) is 0 Å². The Hall–Kier alpha value is -1.58. The molecule has 1 aromatic rings. The summed E-state index contributed by atoms with van der Waals surface area (Å²) in [6, 6.07) is 3.89. The van der Waals surface area contributed by atoms with Gasteiger partial charge in [-0.1, -0.05) is 0 Å². The molecule has 0 aromatic heterocycles. The number of anilines is 1. The van der Waals surface area contributed by atoms with E-state index in [-0.39, 0.29) is 11.8 Å². The highest BCUT2D eigenvalue weighted by Crippen LogP contribution is 2.22. The molecule has 1 aliphatic carbocycles. The lowest BCUT2D eigenvalue weighted by Crippen LogP contribution is -2.15. The zero-order valence-electron chi connectivity index (χ0n) is 8.91. The van der Waals surface area contributed by atoms with Gasteiger partial charge in [-0.25, -0.2) is 9.18 Å². The first kappa shape index (κ1) is 10.9. The zero-order valence-corrected chi connectivity index (χ0v) is 8.91. The van der Waals surface area contributed by atoms with Crippen LogP contribution in [0.3, 0.4) is 0 Å². The van der Waals surface area contributed by atoms with Crippen molar-refractivity contribution >= 4 is 11.7 Å². The summed E-state index contributed by atoms with van der Waals surface area (Å²) in [5.74, 6) is -0.934. The Morgan fingerprint density at radius 3 is 2.69 bits per heavy atom. The summed E-state index contributed by atoms with van der Waals surface area (Å²) < 4.78 is 18.2. The van der Waals surface area contributed by atoms with E-state index in [1.165, 1.54) is 18.2 Å². The van der Waals surface area contributed by atoms with Crippen LogP contribution in [0.5, 0.6) is 0 Å². The molecule has 3 nitrogen and oxygen atoms in total. The van der Waals surface area contributed by atoms with E-state index in [0.29, 0.717) is 5.56 Å². The second-order valence-corrected chi connectivity index (χ2v) is 4.05. The van der Waals surface area contributed by atoms with Crippen molar-refractivity contribution in [3.8, 4) is 0 Å². The topological polar surface area (TPSA) is 52.3 Å². The fourth-order valence-corrected chi connectivity index (χ4v) is 1.90. The van der Waals surface area contributed by atoms with E-state index in [0.717, 1.165) is 25.7 Å². The Morgan fingerprint density at radius 2 is 2.06 bits per heavy atom. The van der Waals surface area contributed by atoms with Gasteiger partial charge in [0.1, 0.15) is 11.9 Å². The molecule has 0 bridgehead atoms. The standard InChI is InChI=1S/C12H14FNO2/c13-10-6-5-8(7-11(10)14)12(15)16-9-3-1-2-4-9/h5-7,9H,1-4,14H2. The van der Waals surface area contributed by atoms with Crippen molar-refractivity contribution < 1.29 is 13.9 Å². The molecule has 16 heavy (non-hydrogen) atoms. The number of benzene rings is 1. The molecule has 0 aliphatic heterocycles. The second kappa shape index (κ2) is 4.51. The maximum absolute atomic E-state index is 12.9. The Morgan fingerprint density at radius 1 is 1.38 bits per heavy atom. The minimum Gasteiger partial charge on any atom is -0.459 e. The van der Waals surface area contributed by atoms with Gasteiger partial charge in [0.15, 0.2) is 0 Å². The first-order chi connectivity index (χ1) is 7.66. The fourth-order valence-electron chi connectivity index (χ4n) is 1.90. The van der Waals surface area contributed by atoms with Crippen molar-refractivity contribution in [2.24, 2.45) is 0 Å². The SMILES string of the molecule is Nc1cc(C(=O)OC2CCCC2)ccc1F. The number of esters is 1. The Kier molecular flexibility index (Phi) is 3.08. The van der Waals surface area contributed by atoms with E-state index >= 15 is 0 Å². The number of rotatable bonds is 2. The van der Waals surface area contributed by atoms with Crippen molar-refractivity contribution in [3.63, 3.8) is 0 Å². The molecule has 86 valence electrons. The molecule has 1 aromatic carbocycles. The van der Waals surface area contributed by atoms with E-state index in [9.17, 15) is 9.18 Å². The molecule has 0 heterocycles. The maximum Gasteiger partial charge on any atom is 0.338 e. The highest BCUT2D eigenvalue weighted by Gasteiger charge is 2.20. The average Bonchev–Trinajstić information content (AvgIpc) is 2.74. The number of nitrogen functional groups attached to an aromatic ring is 1. The van der Waals surface area contributed by atoms with E-state index < -0.39 is 11.8 Å². The third kappa shape index (κ3) is 2.32. The van der Waals surface area contributed by atoms with Crippen LogP contribution in [0.15, 0.2) is 18.2 Å². The third-order valence-corrected chi connectivity index (χ3v) is 2.81. The molecular formula is C12H14FNO2. The Balaban J connectivity index is 2.05. The fraction of sp³-hybridized carbons (Fsp3) is 0.417. The lowest BCUT2D eigenvalue weighted by atomic mass is 10.2. The lowest BCUT2D eigenvalue weighted by molar-refractivity contribution is 0.0318. The van der Waals surface area contributed by atoms with E-state index in [2.05, 4.69) is 0 Å². The van der Waals surface area contributed by atoms with Gasteiger partial charge in [0.25, 0.3) is 0 Å². The zero-order chi connectivity index (χ0) is 11.5. The van der Waals surface area contributed by atoms with Crippen LogP contribution in [0.2, 0.25) is 0 Å². The van der Waals surface area contributed by atoms with Crippen molar-refractivity contribution in [1.82, 2.24) is 0 Å². The van der Waals surface area contributed by atoms with Crippen molar-refractivity contribution in [1.29, 1.82) is 0 Å². The number of nitrogens with two attached hydrogens (primary N) is 1. The number of ether oxygens (including phenoxy) is 1. The first-order valence-electron chi connectivity index (χ1n) is 5.43. The quantitative estimate of drug-likeness (QED) is 0.619. The van der Waals surface area contributed by atoms with Crippen molar-refractivity contribution in [2.75, 3.05) is 5.73 Å². The molecule has 1 aliphatic rings. The largest absolute Gasteiger partial charge is 0.459 e. The summed E-state index contributed by atoms with van der Waals surface area (Å²) in [6.45, 7) is 0. The second-order valence-electron chi connectivity index (χ2n) is 4.05. The van der Waals surface area contributed by atoms with Crippen LogP contribution in [-0.2, 0) is 4.74 Å². The smallest absolute Gasteiger partial charge is 0.338 e. The van der Waals surface area contributed by atoms with Crippen LogP contribution < -0.4 is 5.73 Å². The van der Waals surface area contributed by atoms with Crippen molar-refractivity contribution in [3.05, 3.63) is 29.6 Å². The molecule has 0 amide bonds. The predicted molar refractivity (Wildman–Crippen MR) is 58.5 cm³/mol. The van der Waals surface area contributed by atoms with Gasteiger partial charge in [-0.15, -0.1) is 0 Å². The highest BCUT2D eigenvalue weighted by atomic mass is 19.1. The summed E-state index contributed by atoms with van der Waals surface area (Å²) >= 11 is 0. The van der Waals surface area contributed by atoms with E-state index in [1.54, 1.807) is 0 Å². The predicted octanol–water partition coefficient (Wildman–Crippen LogP) is 2.51. The number of carbonyl (C=O) groups is 1. The number of halogens is 1. The maximum atomic E-state index is 12.9. The minimum atomic E-state index is -0.516. The molecule has 1 fully saturated rings.